The molecule has 5 rings (SSSR count). The molecule has 9 atom stereocenters. The highest BCUT2D eigenvalue weighted by Crippen LogP contribution is 2.47. The molecular formula is C37H45NO12. The molecule has 13 heteroatoms. The lowest BCUT2D eigenvalue weighted by atomic mass is 9.78. The van der Waals surface area contributed by atoms with Crippen molar-refractivity contribution in [3.05, 3.63) is 70.2 Å². The van der Waals surface area contributed by atoms with Crippen LogP contribution >= 0.6 is 0 Å². The smallest absolute Gasteiger partial charge is 0.312 e. The summed E-state index contributed by atoms with van der Waals surface area (Å²) >= 11 is 0. The van der Waals surface area contributed by atoms with E-state index in [1.165, 1.54) is 47.0 Å². The van der Waals surface area contributed by atoms with Crippen molar-refractivity contribution in [3.63, 3.8) is 0 Å². The number of methoxy groups -OCH3 is 1. The van der Waals surface area contributed by atoms with E-state index in [-0.39, 0.29) is 28.0 Å². The number of hydrogen-bond acceptors (Lipinski definition) is 12. The molecule has 1 aromatic carbocycles. The molecule has 3 aliphatic heterocycles. The van der Waals surface area contributed by atoms with Gasteiger partial charge in [0.1, 0.15) is 17.6 Å². The van der Waals surface area contributed by atoms with Gasteiger partial charge in [-0.05, 0) is 19.9 Å². The number of benzene rings is 1. The van der Waals surface area contributed by atoms with Crippen LogP contribution in [-0.4, -0.2) is 81.9 Å². The average molecular weight is 696 g/mol. The number of esters is 1. The van der Waals surface area contributed by atoms with Gasteiger partial charge < -0.3 is 39.6 Å². The van der Waals surface area contributed by atoms with Crippen LogP contribution in [0.3, 0.4) is 0 Å². The molecule has 270 valence electrons. The second-order valence-corrected chi connectivity index (χ2v) is 13.4. The third-order valence-corrected chi connectivity index (χ3v) is 9.80. The molecule has 1 aliphatic carbocycles. The summed E-state index contributed by atoms with van der Waals surface area (Å²) in [5.74, 6) is -8.99. The maximum atomic E-state index is 13.9. The van der Waals surface area contributed by atoms with Crippen molar-refractivity contribution >= 4 is 29.2 Å². The van der Waals surface area contributed by atoms with Crippen molar-refractivity contribution in [2.75, 3.05) is 7.11 Å². The molecule has 0 unspecified atom stereocenters. The van der Waals surface area contributed by atoms with Gasteiger partial charge in [-0.3, -0.25) is 24.0 Å². The Morgan fingerprint density at radius 2 is 1.60 bits per heavy atom. The van der Waals surface area contributed by atoms with Crippen LogP contribution < -0.4 is 10.1 Å². The number of hydrogen-bond donors (Lipinski definition) is 4. The Labute approximate surface area is 290 Å². The minimum Gasteiger partial charge on any atom is -0.507 e. The number of carbonyl (C=O) groups is 5. The third kappa shape index (κ3) is 7.03. The second-order valence-electron chi connectivity index (χ2n) is 13.4. The molecule has 0 aromatic heterocycles. The molecule has 13 nitrogen and oxygen atoms in total. The predicted octanol–water partition coefficient (Wildman–Crippen LogP) is 3.63. The molecule has 50 heavy (non-hydrogen) atoms. The van der Waals surface area contributed by atoms with Gasteiger partial charge in [-0.1, -0.05) is 45.9 Å². The van der Waals surface area contributed by atoms with E-state index in [0.29, 0.717) is 0 Å². The summed E-state index contributed by atoms with van der Waals surface area (Å²) in [6.07, 6.45) is 4.31. The van der Waals surface area contributed by atoms with Gasteiger partial charge in [0.2, 0.25) is 5.78 Å². The van der Waals surface area contributed by atoms with Crippen LogP contribution in [0.25, 0.3) is 0 Å². The lowest BCUT2D eigenvalue weighted by molar-refractivity contribution is -0.160. The lowest BCUT2D eigenvalue weighted by Gasteiger charge is -2.38. The molecule has 0 radical (unpaired) electrons. The van der Waals surface area contributed by atoms with Gasteiger partial charge in [0.25, 0.3) is 11.7 Å². The molecule has 4 N–H and O–H groups in total. The van der Waals surface area contributed by atoms with E-state index in [4.69, 9.17) is 18.9 Å². The molecule has 1 aromatic rings. The molecule has 0 saturated heterocycles. The SMILES string of the molecule is CO[C@H]1C=CO[C@@]2(C)Oc3c(C)c(O)c4c(c3C2=O)C(=O)C=C(NC(=O)/C(C)=C\C=C[C@H](C)[C@H](O)[C@@H](C)[C@@H](O)[C@@H](C)[C@H](OC(C)=O)[C@@H]1C)C4=O. The third-order valence-electron chi connectivity index (χ3n) is 9.80. The van der Waals surface area contributed by atoms with Gasteiger partial charge in [0.05, 0.1) is 47.0 Å². The molecule has 0 saturated carbocycles. The minimum absolute atomic E-state index is 0.00885. The first-order valence-corrected chi connectivity index (χ1v) is 16.4. The highest BCUT2D eigenvalue weighted by molar-refractivity contribution is 6.30. The highest BCUT2D eigenvalue weighted by Gasteiger charge is 2.51. The molecule has 1 amide bonds. The number of carbonyl (C=O) groups excluding carboxylic acids is 5. The Balaban J connectivity index is 1.83. The van der Waals surface area contributed by atoms with E-state index < -0.39 is 100 Å². The number of phenolic OH excluding ortho intramolecular Hbond substituents is 1. The van der Waals surface area contributed by atoms with Crippen molar-refractivity contribution in [3.8, 4) is 11.5 Å². The fourth-order valence-corrected chi connectivity index (χ4v) is 6.62. The van der Waals surface area contributed by atoms with E-state index >= 15 is 0 Å². The van der Waals surface area contributed by atoms with Crippen LogP contribution in [0.2, 0.25) is 0 Å². The summed E-state index contributed by atoms with van der Waals surface area (Å²) in [6.45, 7) is 12.3. The van der Waals surface area contributed by atoms with Gasteiger partial charge in [0.15, 0.2) is 5.78 Å². The Kier molecular flexibility index (Phi) is 11.2. The highest BCUT2D eigenvalue weighted by atomic mass is 16.7. The van der Waals surface area contributed by atoms with Gasteiger partial charge in [0, 0.05) is 61.8 Å². The topological polar surface area (TPSA) is 195 Å². The number of nitrogens with one attached hydrogen (secondary N) is 1. The molecule has 4 aliphatic rings. The van der Waals surface area contributed by atoms with Crippen LogP contribution in [0.1, 0.15) is 85.1 Å². The number of rotatable bonds is 2. The van der Waals surface area contributed by atoms with Crippen molar-refractivity contribution in [1.82, 2.24) is 5.32 Å². The fourth-order valence-electron chi connectivity index (χ4n) is 6.62. The zero-order valence-electron chi connectivity index (χ0n) is 29.6. The number of ketones is 3. The Morgan fingerprint density at radius 1 is 0.940 bits per heavy atom. The summed E-state index contributed by atoms with van der Waals surface area (Å²) in [7, 11) is 1.42. The summed E-state index contributed by atoms with van der Waals surface area (Å²) < 4.78 is 23.1. The zero-order chi connectivity index (χ0) is 37.4. The molecule has 3 heterocycles. The fraction of sp³-hybridized carbons (Fsp3) is 0.486. The first kappa shape index (κ1) is 38.2. The van der Waals surface area contributed by atoms with Gasteiger partial charge in [-0.2, -0.15) is 0 Å². The van der Waals surface area contributed by atoms with E-state index in [1.54, 1.807) is 39.8 Å². The van der Waals surface area contributed by atoms with Gasteiger partial charge in [-0.15, -0.1) is 0 Å². The second kappa shape index (κ2) is 14.7. The predicted molar refractivity (Wildman–Crippen MR) is 179 cm³/mol. The molecule has 0 fully saturated rings. The van der Waals surface area contributed by atoms with Crippen LogP contribution in [0.15, 0.2) is 47.9 Å². The Bertz CT molecular complexity index is 1720. The number of aliphatic hydroxyl groups is 2. The van der Waals surface area contributed by atoms with E-state index in [2.05, 4.69) is 5.32 Å². The number of allylic oxidation sites excluding steroid dienone is 4. The van der Waals surface area contributed by atoms with Crippen LogP contribution in [-0.2, 0) is 23.8 Å². The van der Waals surface area contributed by atoms with E-state index in [9.17, 15) is 39.3 Å². The van der Waals surface area contributed by atoms with Gasteiger partial charge in [-0.25, -0.2) is 0 Å². The zero-order valence-corrected chi connectivity index (χ0v) is 29.6. The standard InChI is InChI=1S/C37H45NO12/c1-16-11-10-12-17(2)36(46)38-23-15-24(40)26-27(32(23)44)31(43)21(6)34-28(26)35(45)37(8,50-34)48-14-13-25(47-9)18(3)33(49-22(7)39)20(5)30(42)19(4)29(16)41/h10-16,18-20,25,29-30,33,41-43H,1-9H3,(H,38,46)/b11-10?,14-13?,17-12-/t16-,18+,19+,20+,25-,29-,30+,33+,37-/m0/s1. The van der Waals surface area contributed by atoms with Gasteiger partial charge >= 0.3 is 11.8 Å². The number of ether oxygens (including phenoxy) is 4. The molecule has 5 bridgehead atoms. The Hall–Kier alpha value is -4.59. The molecular weight excluding hydrogens is 650 g/mol. The summed E-state index contributed by atoms with van der Waals surface area (Å²) in [4.78, 5) is 66.2. The maximum absolute atomic E-state index is 13.9. The van der Waals surface area contributed by atoms with E-state index in [1.807, 2.05) is 0 Å². The lowest BCUT2D eigenvalue weighted by Crippen LogP contribution is -2.46. The largest absolute Gasteiger partial charge is 0.507 e. The summed E-state index contributed by atoms with van der Waals surface area (Å²) in [5.41, 5.74) is -1.31. The Morgan fingerprint density at radius 3 is 2.22 bits per heavy atom. The maximum Gasteiger partial charge on any atom is 0.312 e. The number of fused-ring (bicyclic) bond motifs is 14. The number of aromatic hydroxyl groups is 1. The number of aliphatic hydroxyl groups excluding tert-OH is 2. The van der Waals surface area contributed by atoms with Crippen LogP contribution in [0.5, 0.6) is 11.5 Å². The normalized spacial score (nSPS) is 33.2. The summed E-state index contributed by atoms with van der Waals surface area (Å²) in [5, 5.41) is 36.1. The summed E-state index contributed by atoms with van der Waals surface area (Å²) in [6, 6.07) is 0. The minimum atomic E-state index is -2.03. The number of amides is 1. The van der Waals surface area contributed by atoms with Crippen molar-refractivity contribution in [1.29, 1.82) is 0 Å². The van der Waals surface area contributed by atoms with Crippen LogP contribution in [0.4, 0.5) is 0 Å². The number of Topliss-reactive ketones (excluding diaryl/α,β-unsaturated/α-hetero) is 2. The monoisotopic (exact) mass is 695 g/mol. The average Bonchev–Trinajstić information content (AvgIpc) is 3.33. The molecule has 0 spiro atoms. The van der Waals surface area contributed by atoms with Crippen molar-refractivity contribution in [2.24, 2.45) is 23.7 Å². The quantitative estimate of drug-likeness (QED) is 0.329. The first-order valence-electron chi connectivity index (χ1n) is 16.4. The van der Waals surface area contributed by atoms with E-state index in [0.717, 1.165) is 12.3 Å². The van der Waals surface area contributed by atoms with Crippen molar-refractivity contribution in [2.45, 2.75) is 85.6 Å². The van der Waals surface area contributed by atoms with Crippen molar-refractivity contribution < 1.29 is 58.2 Å². The first-order chi connectivity index (χ1) is 23.4. The van der Waals surface area contributed by atoms with Crippen LogP contribution in [0, 0.1) is 30.6 Å². The number of phenols is 1.